The van der Waals surface area contributed by atoms with E-state index in [-0.39, 0.29) is 17.2 Å². The highest BCUT2D eigenvalue weighted by Crippen LogP contribution is 2.38. The van der Waals surface area contributed by atoms with Crippen molar-refractivity contribution in [2.75, 3.05) is 26.7 Å². The molecule has 0 radical (unpaired) electrons. The second kappa shape index (κ2) is 10.5. The minimum absolute atomic E-state index is 0.00447. The summed E-state index contributed by atoms with van der Waals surface area (Å²) in [7, 11) is 1.62. The Hall–Kier alpha value is -3.48. The number of rotatable bonds is 2. The number of aryl methyl sites for hydroxylation is 2. The number of piperidine rings is 1. The van der Waals surface area contributed by atoms with Crippen molar-refractivity contribution in [2.45, 2.75) is 58.5 Å². The van der Waals surface area contributed by atoms with Crippen LogP contribution in [0.1, 0.15) is 60.7 Å². The smallest absolute Gasteiger partial charge is 0.260 e. The van der Waals surface area contributed by atoms with E-state index in [0.29, 0.717) is 42.3 Å². The van der Waals surface area contributed by atoms with Gasteiger partial charge in [-0.1, -0.05) is 24.6 Å². The van der Waals surface area contributed by atoms with Gasteiger partial charge < -0.3 is 24.1 Å². The van der Waals surface area contributed by atoms with E-state index in [1.54, 1.807) is 14.0 Å². The van der Waals surface area contributed by atoms with Crippen LogP contribution in [0.25, 0.3) is 11.0 Å². The number of ether oxygens (including phenoxy) is 2. The molecule has 0 bridgehead atoms. The van der Waals surface area contributed by atoms with Crippen LogP contribution in [0.5, 0.6) is 11.5 Å². The number of methoxy groups -OCH3 is 1. The number of carbonyl (C=O) groups is 2. The molecule has 37 heavy (non-hydrogen) atoms. The number of furan rings is 1. The minimum Gasteiger partial charge on any atom is -0.497 e. The first-order chi connectivity index (χ1) is 17.9. The van der Waals surface area contributed by atoms with Crippen molar-refractivity contribution < 1.29 is 23.5 Å². The lowest BCUT2D eigenvalue weighted by atomic mass is 9.74. The van der Waals surface area contributed by atoms with Crippen molar-refractivity contribution in [1.82, 2.24) is 10.2 Å². The van der Waals surface area contributed by atoms with Crippen LogP contribution in [0.4, 0.5) is 0 Å². The van der Waals surface area contributed by atoms with E-state index >= 15 is 0 Å². The molecule has 2 aliphatic rings. The van der Waals surface area contributed by atoms with Crippen molar-refractivity contribution in [3.8, 4) is 11.5 Å². The largest absolute Gasteiger partial charge is 0.497 e. The van der Waals surface area contributed by atoms with Gasteiger partial charge in [0.25, 0.3) is 11.8 Å². The molecule has 1 saturated heterocycles. The van der Waals surface area contributed by atoms with Crippen LogP contribution < -0.4 is 14.8 Å². The number of benzene rings is 2. The lowest BCUT2D eigenvalue weighted by Gasteiger charge is -2.42. The molecule has 7 nitrogen and oxygen atoms in total. The number of nitrogens with one attached hydrogen (secondary N) is 1. The van der Waals surface area contributed by atoms with Gasteiger partial charge in [-0.15, -0.1) is 0 Å². The van der Waals surface area contributed by atoms with E-state index < -0.39 is 6.10 Å². The van der Waals surface area contributed by atoms with Crippen LogP contribution in [-0.2, 0) is 11.2 Å². The third-order valence-corrected chi connectivity index (χ3v) is 8.08. The van der Waals surface area contributed by atoms with E-state index in [2.05, 4.69) is 11.4 Å². The normalized spacial score (nSPS) is 20.4. The fraction of sp³-hybridized carbons (Fsp3) is 0.467. The first-order valence-corrected chi connectivity index (χ1v) is 13.3. The molecular formula is C30H36N2O5. The monoisotopic (exact) mass is 504 g/mol. The van der Waals surface area contributed by atoms with Gasteiger partial charge in [-0.2, -0.15) is 0 Å². The molecule has 0 unspecified atom stereocenters. The maximum Gasteiger partial charge on any atom is 0.260 e. The lowest BCUT2D eigenvalue weighted by molar-refractivity contribution is -0.128. The summed E-state index contributed by atoms with van der Waals surface area (Å²) >= 11 is 0. The first kappa shape index (κ1) is 25.2. The Kier molecular flexibility index (Phi) is 7.13. The molecule has 5 rings (SSSR count). The van der Waals surface area contributed by atoms with E-state index in [0.717, 1.165) is 55.2 Å². The van der Waals surface area contributed by atoms with E-state index in [1.807, 2.05) is 48.2 Å². The van der Waals surface area contributed by atoms with Gasteiger partial charge in [0.05, 0.1) is 12.7 Å². The Morgan fingerprint density at radius 2 is 1.89 bits per heavy atom. The molecule has 2 aliphatic heterocycles. The number of amides is 2. The van der Waals surface area contributed by atoms with E-state index in [1.165, 1.54) is 0 Å². The molecule has 3 aromatic rings. The number of para-hydroxylation sites is 1. The summed E-state index contributed by atoms with van der Waals surface area (Å²) in [5.41, 5.74) is 2.43. The molecule has 7 heteroatoms. The van der Waals surface area contributed by atoms with Gasteiger partial charge in [0.1, 0.15) is 22.8 Å². The number of nitrogens with zero attached hydrogens (tertiary/aromatic N) is 1. The molecule has 2 amide bonds. The SMILES string of the molecule is COc1ccc2oc(C)c(C(=O)N3CCC4(CCCCc5ccccc5O[C@H](C)C(=O)NC4)CC3)c2c1. The highest BCUT2D eigenvalue weighted by Gasteiger charge is 2.37. The Balaban J connectivity index is 1.30. The average molecular weight is 505 g/mol. The highest BCUT2D eigenvalue weighted by molar-refractivity contribution is 6.07. The standard InChI is InChI=1S/C30H36N2O5/c1-20-27(24-18-23(35-3)11-12-26(24)36-20)29(34)32-16-14-30(15-17-32)13-7-6-9-22-8-4-5-10-25(22)37-21(2)28(33)31-19-30/h4-5,8,10-12,18,21H,6-7,9,13-17,19H2,1-3H3,(H,31,33)/t21-/m1/s1. The summed E-state index contributed by atoms with van der Waals surface area (Å²) in [4.78, 5) is 28.4. The van der Waals surface area contributed by atoms with Crippen molar-refractivity contribution in [3.05, 3.63) is 59.4 Å². The van der Waals surface area contributed by atoms with Crippen molar-refractivity contribution in [2.24, 2.45) is 5.41 Å². The summed E-state index contributed by atoms with van der Waals surface area (Å²) in [6, 6.07) is 13.6. The average Bonchev–Trinajstić information content (AvgIpc) is 3.24. The zero-order valence-electron chi connectivity index (χ0n) is 22.0. The fourth-order valence-corrected chi connectivity index (χ4v) is 5.75. The number of hydrogen-bond donors (Lipinski definition) is 1. The van der Waals surface area contributed by atoms with Gasteiger partial charge in [-0.25, -0.2) is 0 Å². The number of hydrogen-bond acceptors (Lipinski definition) is 5. The quantitative estimate of drug-likeness (QED) is 0.513. The number of likely N-dealkylation sites (tertiary alicyclic amines) is 1. The van der Waals surface area contributed by atoms with E-state index in [4.69, 9.17) is 13.9 Å². The van der Waals surface area contributed by atoms with Crippen LogP contribution in [0, 0.1) is 12.3 Å². The molecule has 3 heterocycles. The van der Waals surface area contributed by atoms with Gasteiger partial charge in [0, 0.05) is 25.0 Å². The molecular weight excluding hydrogens is 468 g/mol. The summed E-state index contributed by atoms with van der Waals surface area (Å²) in [6.07, 6.45) is 5.23. The molecule has 0 aliphatic carbocycles. The van der Waals surface area contributed by atoms with Crippen molar-refractivity contribution in [1.29, 1.82) is 0 Å². The van der Waals surface area contributed by atoms with Crippen LogP contribution in [0.2, 0.25) is 0 Å². The summed E-state index contributed by atoms with van der Waals surface area (Å²) in [6.45, 7) is 5.56. The molecule has 1 aromatic heterocycles. The van der Waals surface area contributed by atoms with Gasteiger partial charge in [0.15, 0.2) is 6.10 Å². The number of fused-ring (bicyclic) bond motifs is 2. The summed E-state index contributed by atoms with van der Waals surface area (Å²) in [5, 5.41) is 3.95. The van der Waals surface area contributed by atoms with E-state index in [9.17, 15) is 9.59 Å². The van der Waals surface area contributed by atoms with Gasteiger partial charge in [0.2, 0.25) is 0 Å². The van der Waals surface area contributed by atoms with Crippen LogP contribution in [0.15, 0.2) is 46.9 Å². The van der Waals surface area contributed by atoms with Crippen molar-refractivity contribution >= 4 is 22.8 Å². The lowest BCUT2D eigenvalue weighted by Crippen LogP contribution is -2.49. The van der Waals surface area contributed by atoms with Crippen LogP contribution in [0.3, 0.4) is 0 Å². The molecule has 2 aromatic carbocycles. The number of carbonyl (C=O) groups excluding carboxylic acids is 2. The predicted octanol–water partition coefficient (Wildman–Crippen LogP) is 5.28. The molecule has 1 atom stereocenters. The highest BCUT2D eigenvalue weighted by atomic mass is 16.5. The first-order valence-electron chi connectivity index (χ1n) is 13.3. The Bertz CT molecular complexity index is 1290. The summed E-state index contributed by atoms with van der Waals surface area (Å²) < 4.78 is 17.3. The second-order valence-corrected chi connectivity index (χ2v) is 10.5. The summed E-state index contributed by atoms with van der Waals surface area (Å²) in [5.74, 6) is 2.02. The zero-order valence-corrected chi connectivity index (χ0v) is 22.0. The third-order valence-electron chi connectivity index (χ3n) is 8.08. The van der Waals surface area contributed by atoms with Crippen LogP contribution in [-0.4, -0.2) is 49.6 Å². The molecule has 196 valence electrons. The Morgan fingerprint density at radius 3 is 2.68 bits per heavy atom. The fourth-order valence-electron chi connectivity index (χ4n) is 5.75. The molecule has 1 N–H and O–H groups in total. The van der Waals surface area contributed by atoms with Gasteiger partial charge in [-0.05, 0) is 81.2 Å². The molecule has 1 fully saturated rings. The minimum atomic E-state index is -0.561. The van der Waals surface area contributed by atoms with Crippen LogP contribution >= 0.6 is 0 Å². The molecule has 1 spiro atoms. The second-order valence-electron chi connectivity index (χ2n) is 10.5. The predicted molar refractivity (Wildman–Crippen MR) is 142 cm³/mol. The maximum absolute atomic E-state index is 13.6. The topological polar surface area (TPSA) is 81.0 Å². The molecule has 0 saturated carbocycles. The Labute approximate surface area is 218 Å². The van der Waals surface area contributed by atoms with Crippen molar-refractivity contribution in [3.63, 3.8) is 0 Å². The zero-order chi connectivity index (χ0) is 26.0. The van der Waals surface area contributed by atoms with Gasteiger partial charge >= 0.3 is 0 Å². The third kappa shape index (κ3) is 5.17. The maximum atomic E-state index is 13.6. The van der Waals surface area contributed by atoms with Gasteiger partial charge in [-0.3, -0.25) is 9.59 Å². The Morgan fingerprint density at radius 1 is 1.11 bits per heavy atom.